The third kappa shape index (κ3) is 3.36. The lowest BCUT2D eigenvalue weighted by Crippen LogP contribution is -2.50. The number of aliphatic carboxylic acids is 1. The Morgan fingerprint density at radius 2 is 1.76 bits per heavy atom. The first-order valence-corrected chi connectivity index (χ1v) is 7.88. The van der Waals surface area contributed by atoms with Crippen LogP contribution in [-0.2, 0) is 14.4 Å². The highest BCUT2D eigenvalue weighted by atomic mass is 16.4. The summed E-state index contributed by atoms with van der Waals surface area (Å²) in [5, 5.41) is 11.8. The fourth-order valence-corrected chi connectivity index (χ4v) is 3.06. The minimum absolute atomic E-state index is 0.0826. The summed E-state index contributed by atoms with van der Waals surface area (Å²) in [5.74, 6) is -0.994. The Bertz CT molecular complexity index is 457. The number of piperidine rings is 1. The molecule has 6 nitrogen and oxygen atoms in total. The minimum atomic E-state index is -0.951. The van der Waals surface area contributed by atoms with Gasteiger partial charge in [-0.2, -0.15) is 0 Å². The molecule has 1 heterocycles. The van der Waals surface area contributed by atoms with Gasteiger partial charge in [0.25, 0.3) is 0 Å². The first kappa shape index (κ1) is 14.4. The minimum Gasteiger partial charge on any atom is -0.480 e. The average molecular weight is 294 g/mol. The Kier molecular flexibility index (Phi) is 3.87. The van der Waals surface area contributed by atoms with Crippen LogP contribution < -0.4 is 5.32 Å². The van der Waals surface area contributed by atoms with Crippen LogP contribution in [0.2, 0.25) is 0 Å². The molecule has 0 radical (unpaired) electrons. The number of hydrogen-bond donors (Lipinski definition) is 2. The van der Waals surface area contributed by atoms with Crippen molar-refractivity contribution in [1.82, 2.24) is 10.2 Å². The highest BCUT2D eigenvalue weighted by Gasteiger charge is 2.40. The van der Waals surface area contributed by atoms with Crippen molar-refractivity contribution in [3.05, 3.63) is 0 Å². The summed E-state index contributed by atoms with van der Waals surface area (Å²) in [4.78, 5) is 37.3. The van der Waals surface area contributed by atoms with Gasteiger partial charge in [0.05, 0.1) is 5.92 Å². The molecule has 2 saturated carbocycles. The van der Waals surface area contributed by atoms with E-state index in [-0.39, 0.29) is 29.6 Å². The van der Waals surface area contributed by atoms with E-state index in [1.165, 1.54) is 0 Å². The number of rotatable bonds is 5. The molecule has 2 aliphatic carbocycles. The van der Waals surface area contributed by atoms with Crippen LogP contribution >= 0.6 is 0 Å². The summed E-state index contributed by atoms with van der Waals surface area (Å²) in [5.41, 5.74) is 0. The molecule has 3 rings (SSSR count). The zero-order chi connectivity index (χ0) is 15.0. The van der Waals surface area contributed by atoms with Crippen molar-refractivity contribution in [2.45, 2.75) is 44.6 Å². The molecule has 0 aromatic carbocycles. The highest BCUT2D eigenvalue weighted by molar-refractivity contribution is 5.87. The Morgan fingerprint density at radius 1 is 1.05 bits per heavy atom. The molecule has 1 aliphatic heterocycles. The summed E-state index contributed by atoms with van der Waals surface area (Å²) in [6, 6.07) is -0.757. The van der Waals surface area contributed by atoms with E-state index in [4.69, 9.17) is 0 Å². The molecule has 0 aromatic heterocycles. The number of amides is 2. The molecule has 3 fully saturated rings. The number of carboxylic acids is 1. The van der Waals surface area contributed by atoms with E-state index >= 15 is 0 Å². The summed E-state index contributed by atoms with van der Waals surface area (Å²) < 4.78 is 0. The van der Waals surface area contributed by atoms with E-state index in [2.05, 4.69) is 5.32 Å². The smallest absolute Gasteiger partial charge is 0.326 e. The van der Waals surface area contributed by atoms with Gasteiger partial charge in [-0.1, -0.05) is 0 Å². The number of carbonyl (C=O) groups excluding carboxylic acids is 2. The molecule has 0 spiro atoms. The first-order chi connectivity index (χ1) is 10.1. The molecular formula is C15H22N2O4. The van der Waals surface area contributed by atoms with E-state index in [9.17, 15) is 19.5 Å². The van der Waals surface area contributed by atoms with Crippen LogP contribution in [0.3, 0.4) is 0 Å². The maximum absolute atomic E-state index is 12.3. The maximum atomic E-state index is 12.3. The molecule has 0 aromatic rings. The second kappa shape index (κ2) is 5.66. The molecule has 2 unspecified atom stereocenters. The van der Waals surface area contributed by atoms with Crippen LogP contribution in [0.4, 0.5) is 0 Å². The predicted octanol–water partition coefficient (Wildman–Crippen LogP) is 0.614. The van der Waals surface area contributed by atoms with Gasteiger partial charge >= 0.3 is 5.97 Å². The third-order valence-corrected chi connectivity index (χ3v) is 4.69. The van der Waals surface area contributed by atoms with Gasteiger partial charge in [-0.3, -0.25) is 9.59 Å². The van der Waals surface area contributed by atoms with E-state index in [0.29, 0.717) is 6.54 Å². The second-order valence-corrected chi connectivity index (χ2v) is 6.56. The first-order valence-electron chi connectivity index (χ1n) is 7.88. The van der Waals surface area contributed by atoms with Crippen molar-refractivity contribution in [2.75, 3.05) is 13.1 Å². The molecule has 2 atom stereocenters. The third-order valence-electron chi connectivity index (χ3n) is 4.69. The van der Waals surface area contributed by atoms with E-state index < -0.39 is 12.0 Å². The van der Waals surface area contributed by atoms with Gasteiger partial charge < -0.3 is 15.3 Å². The lowest BCUT2D eigenvalue weighted by molar-refractivity contribution is -0.144. The summed E-state index contributed by atoms with van der Waals surface area (Å²) in [6.07, 6.45) is 5.22. The van der Waals surface area contributed by atoms with Crippen LogP contribution in [0.1, 0.15) is 38.5 Å². The highest BCUT2D eigenvalue weighted by Crippen LogP contribution is 2.34. The van der Waals surface area contributed by atoms with Gasteiger partial charge in [-0.05, 0) is 44.4 Å². The molecule has 2 N–H and O–H groups in total. The zero-order valence-electron chi connectivity index (χ0n) is 12.1. The Morgan fingerprint density at radius 3 is 2.33 bits per heavy atom. The average Bonchev–Trinajstić information content (AvgIpc) is 3.36. The number of hydrogen-bond acceptors (Lipinski definition) is 3. The van der Waals surface area contributed by atoms with E-state index in [1.54, 1.807) is 4.90 Å². The number of carboxylic acid groups (broad SMARTS) is 1. The van der Waals surface area contributed by atoms with E-state index in [1.807, 2.05) is 0 Å². The largest absolute Gasteiger partial charge is 0.480 e. The van der Waals surface area contributed by atoms with Crippen molar-refractivity contribution in [1.29, 1.82) is 0 Å². The van der Waals surface area contributed by atoms with Crippen LogP contribution in [0.15, 0.2) is 0 Å². The molecule has 0 bridgehead atoms. The fourth-order valence-electron chi connectivity index (χ4n) is 3.06. The Hall–Kier alpha value is -1.59. The van der Waals surface area contributed by atoms with Gasteiger partial charge in [0.15, 0.2) is 0 Å². The number of likely N-dealkylation sites (tertiary alicyclic amines) is 1. The van der Waals surface area contributed by atoms with Crippen LogP contribution in [0, 0.1) is 17.8 Å². The van der Waals surface area contributed by atoms with Gasteiger partial charge in [0, 0.05) is 19.0 Å². The molecule has 3 aliphatic rings. The molecule has 1 saturated heterocycles. The molecule has 116 valence electrons. The van der Waals surface area contributed by atoms with Crippen LogP contribution in [0.25, 0.3) is 0 Å². The van der Waals surface area contributed by atoms with Crippen LogP contribution in [0.5, 0.6) is 0 Å². The van der Waals surface area contributed by atoms with Crippen molar-refractivity contribution >= 4 is 17.8 Å². The fraction of sp³-hybridized carbons (Fsp3) is 0.800. The Balaban J connectivity index is 1.55. The van der Waals surface area contributed by atoms with Crippen molar-refractivity contribution in [3.8, 4) is 0 Å². The summed E-state index contributed by atoms with van der Waals surface area (Å²) in [7, 11) is 0. The van der Waals surface area contributed by atoms with Gasteiger partial charge in [0.1, 0.15) is 6.04 Å². The SMILES string of the molecule is O=C(NC(C(=O)O)C1CC1)C1CCCN(C(=O)C2CC2)C1. The summed E-state index contributed by atoms with van der Waals surface area (Å²) in [6.45, 7) is 1.17. The van der Waals surface area contributed by atoms with Gasteiger partial charge in [-0.15, -0.1) is 0 Å². The van der Waals surface area contributed by atoms with Gasteiger partial charge in [-0.25, -0.2) is 4.79 Å². The van der Waals surface area contributed by atoms with Crippen molar-refractivity contribution in [3.63, 3.8) is 0 Å². The monoisotopic (exact) mass is 294 g/mol. The van der Waals surface area contributed by atoms with E-state index in [0.717, 1.165) is 45.1 Å². The zero-order valence-corrected chi connectivity index (χ0v) is 12.1. The number of nitrogens with zero attached hydrogens (tertiary/aromatic N) is 1. The maximum Gasteiger partial charge on any atom is 0.326 e. The number of carbonyl (C=O) groups is 3. The molecular weight excluding hydrogens is 272 g/mol. The summed E-state index contributed by atoms with van der Waals surface area (Å²) >= 11 is 0. The van der Waals surface area contributed by atoms with Crippen molar-refractivity contribution in [2.24, 2.45) is 17.8 Å². The molecule has 2 amide bonds. The lowest BCUT2D eigenvalue weighted by atomic mass is 9.96. The Labute approximate surface area is 123 Å². The topological polar surface area (TPSA) is 86.7 Å². The van der Waals surface area contributed by atoms with Crippen molar-refractivity contribution < 1.29 is 19.5 Å². The quantitative estimate of drug-likeness (QED) is 0.778. The normalized spacial score (nSPS) is 27.0. The second-order valence-electron chi connectivity index (χ2n) is 6.56. The standard InChI is InChI=1S/C15H22N2O4/c18-13(16-12(15(20)21)9-3-4-9)11-2-1-7-17(8-11)14(19)10-5-6-10/h9-12H,1-8H2,(H,16,18)(H,20,21). The van der Waals surface area contributed by atoms with Crippen LogP contribution in [-0.4, -0.2) is 46.9 Å². The lowest BCUT2D eigenvalue weighted by Gasteiger charge is -2.32. The number of nitrogens with one attached hydrogen (secondary N) is 1. The molecule has 21 heavy (non-hydrogen) atoms. The molecule has 6 heteroatoms. The predicted molar refractivity (Wildman–Crippen MR) is 74.3 cm³/mol. The van der Waals surface area contributed by atoms with Gasteiger partial charge in [0.2, 0.25) is 11.8 Å².